The van der Waals surface area contributed by atoms with Crippen LogP contribution in [0.25, 0.3) is 0 Å². The van der Waals surface area contributed by atoms with Crippen molar-refractivity contribution in [2.24, 2.45) is 10.8 Å². The first-order chi connectivity index (χ1) is 18.2. The predicted molar refractivity (Wildman–Crippen MR) is 164 cm³/mol. The highest BCUT2D eigenvalue weighted by Gasteiger charge is 2.61. The van der Waals surface area contributed by atoms with Crippen molar-refractivity contribution in [1.82, 2.24) is 0 Å². The van der Waals surface area contributed by atoms with E-state index < -0.39 is 0 Å². The lowest BCUT2D eigenvalue weighted by Crippen LogP contribution is -2.72. The Hall–Kier alpha value is -3.92. The van der Waals surface area contributed by atoms with Gasteiger partial charge in [-0.15, -0.1) is 0 Å². The van der Waals surface area contributed by atoms with Crippen LogP contribution in [0.1, 0.15) is 27.7 Å². The summed E-state index contributed by atoms with van der Waals surface area (Å²) in [5.41, 5.74) is 7.18. The fourth-order valence-corrected chi connectivity index (χ4v) is 6.40. The molecular formula is C34H40N4. The summed E-state index contributed by atoms with van der Waals surface area (Å²) in [6.07, 6.45) is 0. The minimum atomic E-state index is 0.0719. The molecule has 0 aliphatic heterocycles. The van der Waals surface area contributed by atoms with Gasteiger partial charge in [-0.05, 0) is 72.8 Å². The maximum Gasteiger partial charge on any atom is 0.0409 e. The fourth-order valence-electron chi connectivity index (χ4n) is 6.40. The summed E-state index contributed by atoms with van der Waals surface area (Å²) in [7, 11) is 4.22. The number of anilines is 6. The van der Waals surface area contributed by atoms with Crippen LogP contribution in [0.15, 0.2) is 109 Å². The van der Waals surface area contributed by atoms with E-state index >= 15 is 0 Å². The number of benzene rings is 4. The van der Waals surface area contributed by atoms with E-state index in [1.165, 1.54) is 22.7 Å². The van der Waals surface area contributed by atoms with E-state index in [1.807, 2.05) is 12.1 Å². The molecule has 38 heavy (non-hydrogen) atoms. The normalized spacial score (nSPS) is 19.2. The fraction of sp³-hybridized carbons (Fsp3) is 0.294. The number of nitrogens with zero attached hydrogens (tertiary/aromatic N) is 2. The van der Waals surface area contributed by atoms with Crippen LogP contribution in [0.2, 0.25) is 0 Å². The van der Waals surface area contributed by atoms with Crippen LogP contribution < -0.4 is 20.4 Å². The maximum atomic E-state index is 3.86. The van der Waals surface area contributed by atoms with Gasteiger partial charge in [0.1, 0.15) is 0 Å². The second-order valence-corrected chi connectivity index (χ2v) is 11.7. The number of hydrogen-bond donors (Lipinski definition) is 2. The Balaban J connectivity index is 1.24. The average Bonchev–Trinajstić information content (AvgIpc) is 2.95. The lowest BCUT2D eigenvalue weighted by Gasteiger charge is -2.64. The van der Waals surface area contributed by atoms with Gasteiger partial charge in [-0.2, -0.15) is 0 Å². The van der Waals surface area contributed by atoms with Crippen LogP contribution >= 0.6 is 0 Å². The van der Waals surface area contributed by atoms with Gasteiger partial charge in [0.05, 0.1) is 0 Å². The van der Waals surface area contributed by atoms with E-state index in [2.05, 4.69) is 159 Å². The van der Waals surface area contributed by atoms with Gasteiger partial charge < -0.3 is 20.4 Å². The molecule has 5 rings (SSSR count). The number of rotatable bonds is 8. The minimum absolute atomic E-state index is 0.0719. The van der Waals surface area contributed by atoms with Crippen molar-refractivity contribution < 1.29 is 0 Å². The van der Waals surface area contributed by atoms with Gasteiger partial charge >= 0.3 is 0 Å². The van der Waals surface area contributed by atoms with Crippen molar-refractivity contribution in [2.45, 2.75) is 39.8 Å². The van der Waals surface area contributed by atoms with Gasteiger partial charge in [0.15, 0.2) is 0 Å². The van der Waals surface area contributed by atoms with Crippen molar-refractivity contribution in [3.63, 3.8) is 0 Å². The molecule has 1 aliphatic rings. The molecule has 0 bridgehead atoms. The lowest BCUT2D eigenvalue weighted by molar-refractivity contribution is -0.0256. The van der Waals surface area contributed by atoms with Gasteiger partial charge in [-0.1, -0.05) is 64.1 Å². The van der Waals surface area contributed by atoms with Crippen molar-refractivity contribution >= 4 is 34.1 Å². The minimum Gasteiger partial charge on any atom is -0.381 e. The Morgan fingerprint density at radius 2 is 0.737 bits per heavy atom. The molecule has 0 unspecified atom stereocenters. The Morgan fingerprint density at radius 1 is 0.447 bits per heavy atom. The molecule has 4 aromatic rings. The van der Waals surface area contributed by atoms with E-state index in [-0.39, 0.29) is 10.8 Å². The predicted octanol–water partition coefficient (Wildman–Crippen LogP) is 8.55. The first-order valence-electron chi connectivity index (χ1n) is 13.5. The largest absolute Gasteiger partial charge is 0.381 e. The summed E-state index contributed by atoms with van der Waals surface area (Å²) in [6, 6.07) is 39.2. The quantitative estimate of drug-likeness (QED) is 0.252. The first kappa shape index (κ1) is 25.7. The summed E-state index contributed by atoms with van der Waals surface area (Å²) in [5.74, 6) is 0. The first-order valence-corrected chi connectivity index (χ1v) is 13.5. The average molecular weight is 505 g/mol. The van der Waals surface area contributed by atoms with Crippen LogP contribution in [0.5, 0.6) is 0 Å². The highest BCUT2D eigenvalue weighted by atomic mass is 15.1. The molecule has 0 amide bonds. The van der Waals surface area contributed by atoms with Gasteiger partial charge in [0.25, 0.3) is 0 Å². The third-order valence-electron chi connectivity index (χ3n) is 8.39. The standard InChI is InChI=1S/C34H40N4/c1-33(2)31(35-25-17-21-29(22-18-25)37(5)27-13-9-7-10-14-27)34(3,4)32(33)36-26-19-23-30(24-20-26)38(6)28-15-11-8-12-16-28/h7-24,31-32,35-36H,1-6H3. The van der Waals surface area contributed by atoms with Crippen LogP contribution in [0, 0.1) is 10.8 Å². The Bertz CT molecular complexity index is 1210. The molecule has 2 N–H and O–H groups in total. The monoisotopic (exact) mass is 504 g/mol. The second-order valence-electron chi connectivity index (χ2n) is 11.7. The molecule has 0 heterocycles. The molecular weight excluding hydrogens is 464 g/mol. The molecule has 0 radical (unpaired) electrons. The highest BCUT2D eigenvalue weighted by Crippen LogP contribution is 2.56. The maximum absolute atomic E-state index is 3.86. The molecule has 1 fully saturated rings. The summed E-state index contributed by atoms with van der Waals surface area (Å²) in [6.45, 7) is 9.46. The van der Waals surface area contributed by atoms with Gasteiger partial charge in [-0.25, -0.2) is 0 Å². The van der Waals surface area contributed by atoms with Crippen molar-refractivity contribution in [3.05, 3.63) is 109 Å². The van der Waals surface area contributed by atoms with Crippen molar-refractivity contribution in [2.75, 3.05) is 34.5 Å². The Kier molecular flexibility index (Phi) is 6.83. The molecule has 0 saturated heterocycles. The van der Waals surface area contributed by atoms with Crippen LogP contribution in [-0.4, -0.2) is 26.2 Å². The van der Waals surface area contributed by atoms with E-state index in [4.69, 9.17) is 0 Å². The zero-order valence-corrected chi connectivity index (χ0v) is 23.4. The molecule has 1 aliphatic carbocycles. The molecule has 4 nitrogen and oxygen atoms in total. The summed E-state index contributed by atoms with van der Waals surface area (Å²) in [4.78, 5) is 4.42. The van der Waals surface area contributed by atoms with Crippen LogP contribution in [0.4, 0.5) is 34.1 Å². The van der Waals surface area contributed by atoms with Crippen LogP contribution in [-0.2, 0) is 0 Å². The van der Waals surface area contributed by atoms with Gasteiger partial charge in [-0.3, -0.25) is 0 Å². The van der Waals surface area contributed by atoms with E-state index in [9.17, 15) is 0 Å². The third-order valence-corrected chi connectivity index (χ3v) is 8.39. The Labute approximate surface area is 228 Å². The number of para-hydroxylation sites is 2. The zero-order chi connectivity index (χ0) is 26.9. The molecule has 0 aromatic heterocycles. The smallest absolute Gasteiger partial charge is 0.0409 e. The molecule has 196 valence electrons. The summed E-state index contributed by atoms with van der Waals surface area (Å²) >= 11 is 0. The van der Waals surface area contributed by atoms with E-state index in [0.29, 0.717) is 12.1 Å². The van der Waals surface area contributed by atoms with Crippen molar-refractivity contribution in [1.29, 1.82) is 0 Å². The van der Waals surface area contributed by atoms with E-state index in [0.717, 1.165) is 11.4 Å². The zero-order valence-electron chi connectivity index (χ0n) is 23.4. The topological polar surface area (TPSA) is 30.5 Å². The van der Waals surface area contributed by atoms with Gasteiger partial charge in [0, 0.05) is 71.1 Å². The highest BCUT2D eigenvalue weighted by molar-refractivity contribution is 5.66. The second kappa shape index (κ2) is 10.1. The van der Waals surface area contributed by atoms with Gasteiger partial charge in [0.2, 0.25) is 0 Å². The molecule has 0 spiro atoms. The molecule has 0 atom stereocenters. The SMILES string of the molecule is CN(c1ccccc1)c1ccc(NC2C(C)(C)C(Nc3ccc(N(C)c4ccccc4)cc3)C2(C)C)cc1. The molecule has 4 aromatic carbocycles. The number of nitrogens with one attached hydrogen (secondary N) is 2. The lowest BCUT2D eigenvalue weighted by atomic mass is 9.48. The summed E-state index contributed by atoms with van der Waals surface area (Å²) < 4.78 is 0. The molecule has 1 saturated carbocycles. The third kappa shape index (κ3) is 4.83. The molecule has 4 heteroatoms. The van der Waals surface area contributed by atoms with Crippen LogP contribution in [0.3, 0.4) is 0 Å². The Morgan fingerprint density at radius 3 is 1.05 bits per heavy atom. The number of hydrogen-bond acceptors (Lipinski definition) is 4. The summed E-state index contributed by atoms with van der Waals surface area (Å²) in [5, 5.41) is 7.72. The van der Waals surface area contributed by atoms with E-state index in [1.54, 1.807) is 0 Å². The van der Waals surface area contributed by atoms with Crippen molar-refractivity contribution in [3.8, 4) is 0 Å².